The molecule has 0 spiro atoms. The summed E-state index contributed by atoms with van der Waals surface area (Å²) in [6, 6.07) is 0. The molecule has 6 rings (SSSR count). The highest BCUT2D eigenvalue weighted by molar-refractivity contribution is 7.99. The number of thioether (sulfide) groups is 1. The van der Waals surface area contributed by atoms with Crippen LogP contribution in [0.3, 0.4) is 0 Å². The highest BCUT2D eigenvalue weighted by Crippen LogP contribution is 2.44. The van der Waals surface area contributed by atoms with Gasteiger partial charge in [0.05, 0.1) is 24.4 Å². The molecule has 11 heteroatoms. The molecule has 1 atom stereocenters. The van der Waals surface area contributed by atoms with Crippen LogP contribution >= 0.6 is 23.1 Å². The first-order chi connectivity index (χ1) is 15.1. The zero-order valence-electron chi connectivity index (χ0n) is 17.5. The number of nitrogens with zero attached hydrogens (tertiary/aromatic N) is 7. The van der Waals surface area contributed by atoms with Gasteiger partial charge in [-0.1, -0.05) is 18.7 Å². The number of ether oxygens (including phenoxy) is 1. The van der Waals surface area contributed by atoms with Gasteiger partial charge in [-0.15, -0.1) is 26.6 Å². The minimum absolute atomic E-state index is 0.109. The van der Waals surface area contributed by atoms with E-state index >= 15 is 0 Å². The molecule has 4 aromatic rings. The van der Waals surface area contributed by atoms with E-state index in [-0.39, 0.29) is 5.91 Å². The summed E-state index contributed by atoms with van der Waals surface area (Å²) in [5, 5.41) is 15.4. The molecule has 0 radical (unpaired) electrons. The molecule has 1 aliphatic heterocycles. The van der Waals surface area contributed by atoms with E-state index in [1.54, 1.807) is 0 Å². The second-order valence-electron chi connectivity index (χ2n) is 8.21. The minimum atomic E-state index is 0.109. The minimum Gasteiger partial charge on any atom is -0.378 e. The molecule has 162 valence electrons. The fraction of sp³-hybridized carbons (Fsp3) is 0.550. The number of amides is 1. The van der Waals surface area contributed by atoms with Gasteiger partial charge in [0.25, 0.3) is 5.78 Å². The summed E-state index contributed by atoms with van der Waals surface area (Å²) in [7, 11) is 0. The van der Waals surface area contributed by atoms with Crippen molar-refractivity contribution < 1.29 is 9.53 Å². The molecular formula is C20H23N7O2S2. The van der Waals surface area contributed by atoms with Crippen LogP contribution in [0.15, 0.2) is 5.16 Å². The van der Waals surface area contributed by atoms with Gasteiger partial charge >= 0.3 is 0 Å². The Labute approximate surface area is 186 Å². The van der Waals surface area contributed by atoms with E-state index in [4.69, 9.17) is 9.72 Å². The average molecular weight is 458 g/mol. The lowest BCUT2D eigenvalue weighted by molar-refractivity contribution is -0.132. The van der Waals surface area contributed by atoms with Crippen LogP contribution in [0.25, 0.3) is 21.6 Å². The van der Waals surface area contributed by atoms with Crippen molar-refractivity contribution in [1.29, 1.82) is 0 Å². The molecule has 0 bridgehead atoms. The largest absolute Gasteiger partial charge is 0.378 e. The maximum absolute atomic E-state index is 12.7. The molecule has 0 aromatic carbocycles. The molecule has 1 unspecified atom stereocenters. The van der Waals surface area contributed by atoms with Crippen molar-refractivity contribution in [1.82, 2.24) is 34.1 Å². The van der Waals surface area contributed by atoms with Crippen LogP contribution in [0.5, 0.6) is 0 Å². The van der Waals surface area contributed by atoms with Gasteiger partial charge in [-0.3, -0.25) is 4.79 Å². The highest BCUT2D eigenvalue weighted by atomic mass is 32.2. The Bertz CT molecular complexity index is 1320. The molecule has 1 aliphatic carbocycles. The maximum Gasteiger partial charge on any atom is 0.260 e. The van der Waals surface area contributed by atoms with Gasteiger partial charge in [-0.25, -0.2) is 9.38 Å². The van der Waals surface area contributed by atoms with E-state index < -0.39 is 0 Å². The van der Waals surface area contributed by atoms with Crippen molar-refractivity contribution in [2.75, 3.05) is 32.1 Å². The zero-order chi connectivity index (χ0) is 21.1. The molecule has 9 nitrogen and oxygen atoms in total. The number of aromatic nitrogens is 6. The first-order valence-corrected chi connectivity index (χ1v) is 12.5. The average Bonchev–Trinajstić information content (AvgIpc) is 3.47. The fourth-order valence-electron chi connectivity index (χ4n) is 4.69. The second kappa shape index (κ2) is 7.42. The van der Waals surface area contributed by atoms with Gasteiger partial charge < -0.3 is 9.64 Å². The molecule has 4 aromatic heterocycles. The van der Waals surface area contributed by atoms with Gasteiger partial charge in [0.1, 0.15) is 10.7 Å². The summed E-state index contributed by atoms with van der Waals surface area (Å²) in [4.78, 5) is 21.8. The normalized spacial score (nSPS) is 19.5. The summed E-state index contributed by atoms with van der Waals surface area (Å²) in [5.74, 6) is 2.30. The van der Waals surface area contributed by atoms with Crippen molar-refractivity contribution >= 4 is 50.6 Å². The zero-order valence-corrected chi connectivity index (χ0v) is 19.1. The van der Waals surface area contributed by atoms with Crippen LogP contribution in [0, 0.1) is 6.92 Å². The van der Waals surface area contributed by atoms with Gasteiger partial charge in [0, 0.05) is 18.0 Å². The van der Waals surface area contributed by atoms with Gasteiger partial charge in [-0.2, -0.15) is 4.52 Å². The van der Waals surface area contributed by atoms with Crippen LogP contribution < -0.4 is 0 Å². The number of aryl methyl sites for hydroxylation is 2. The molecule has 1 fully saturated rings. The molecular weight excluding hydrogens is 434 g/mol. The molecule has 31 heavy (non-hydrogen) atoms. The number of carbonyl (C=O) groups excluding carboxylic acids is 1. The standard InChI is InChI=1S/C20H23N7O2S2/c1-11-4-3-5-13-15(11)16-17-21-12(2)24-27(17)19-22-23-20(26(19)18(16)31-13)30-10-14(28)25-6-8-29-9-7-25/h11H,3-10H2,1-2H3. The number of hydrogen-bond donors (Lipinski definition) is 0. The lowest BCUT2D eigenvalue weighted by Gasteiger charge is -2.26. The third kappa shape index (κ3) is 3.05. The number of hydrogen-bond acceptors (Lipinski definition) is 8. The van der Waals surface area contributed by atoms with Crippen LogP contribution in [-0.4, -0.2) is 72.1 Å². The SMILES string of the molecule is Cc1nc2c3c4c(sc3n3c(SCC(=O)N5CCOCC5)nnc3n2n1)CCCC4C. The Kier molecular flexibility index (Phi) is 4.65. The van der Waals surface area contributed by atoms with Crippen molar-refractivity contribution in [3.05, 3.63) is 16.3 Å². The highest BCUT2D eigenvalue weighted by Gasteiger charge is 2.28. The first-order valence-electron chi connectivity index (χ1n) is 10.7. The van der Waals surface area contributed by atoms with Crippen LogP contribution in [0.4, 0.5) is 0 Å². The number of rotatable bonds is 3. The van der Waals surface area contributed by atoms with E-state index in [2.05, 4.69) is 26.6 Å². The Balaban J connectivity index is 1.49. The maximum atomic E-state index is 12.7. The quantitative estimate of drug-likeness (QED) is 0.437. The Hall–Kier alpha value is -2.24. The fourth-order valence-corrected chi connectivity index (χ4v) is 7.04. The van der Waals surface area contributed by atoms with Crippen molar-refractivity contribution in [3.8, 4) is 0 Å². The summed E-state index contributed by atoms with van der Waals surface area (Å²) < 4.78 is 9.24. The lowest BCUT2D eigenvalue weighted by Crippen LogP contribution is -2.41. The number of fused-ring (bicyclic) bond motifs is 8. The van der Waals surface area contributed by atoms with Gasteiger partial charge in [-0.05, 0) is 37.7 Å². The Morgan fingerprint density at radius 2 is 2.13 bits per heavy atom. The second-order valence-corrected chi connectivity index (χ2v) is 10.2. The molecule has 1 amide bonds. The molecule has 1 saturated heterocycles. The van der Waals surface area contributed by atoms with Gasteiger partial charge in [0.15, 0.2) is 10.8 Å². The third-order valence-corrected chi connectivity index (χ3v) is 8.34. The third-order valence-electron chi connectivity index (χ3n) is 6.17. The topological polar surface area (TPSA) is 89.9 Å². The predicted molar refractivity (Wildman–Crippen MR) is 119 cm³/mol. The molecule has 0 saturated carbocycles. The van der Waals surface area contributed by atoms with E-state index in [0.717, 1.165) is 27.9 Å². The van der Waals surface area contributed by atoms with Crippen molar-refractivity contribution in [2.24, 2.45) is 0 Å². The van der Waals surface area contributed by atoms with Crippen LogP contribution in [-0.2, 0) is 16.0 Å². The number of thiophene rings is 1. The summed E-state index contributed by atoms with van der Waals surface area (Å²) >= 11 is 3.25. The van der Waals surface area contributed by atoms with E-state index in [1.165, 1.54) is 40.4 Å². The number of morpholine rings is 1. The first kappa shape index (κ1) is 19.4. The number of carbonyl (C=O) groups is 1. The van der Waals surface area contributed by atoms with Gasteiger partial charge in [0.2, 0.25) is 5.91 Å². The van der Waals surface area contributed by atoms with E-state index in [9.17, 15) is 4.79 Å². The van der Waals surface area contributed by atoms with Crippen molar-refractivity contribution in [3.63, 3.8) is 0 Å². The molecule has 5 heterocycles. The van der Waals surface area contributed by atoms with E-state index in [0.29, 0.717) is 43.8 Å². The Morgan fingerprint density at radius 1 is 1.29 bits per heavy atom. The van der Waals surface area contributed by atoms with Crippen LogP contribution in [0.2, 0.25) is 0 Å². The summed E-state index contributed by atoms with van der Waals surface area (Å²) in [5.41, 5.74) is 2.26. The van der Waals surface area contributed by atoms with Crippen molar-refractivity contribution in [2.45, 2.75) is 44.2 Å². The molecule has 2 aliphatic rings. The van der Waals surface area contributed by atoms with E-state index in [1.807, 2.05) is 27.7 Å². The lowest BCUT2D eigenvalue weighted by atomic mass is 9.87. The summed E-state index contributed by atoms with van der Waals surface area (Å²) in [6.07, 6.45) is 3.50. The molecule has 0 N–H and O–H groups in total. The Morgan fingerprint density at radius 3 is 2.97 bits per heavy atom. The predicted octanol–water partition coefficient (Wildman–Crippen LogP) is 2.69. The van der Waals surface area contributed by atoms with Crippen LogP contribution in [0.1, 0.15) is 41.9 Å². The smallest absolute Gasteiger partial charge is 0.260 e. The monoisotopic (exact) mass is 457 g/mol. The summed E-state index contributed by atoms with van der Waals surface area (Å²) in [6.45, 7) is 6.72.